The van der Waals surface area contributed by atoms with Crippen LogP contribution < -0.4 is 4.90 Å². The van der Waals surface area contributed by atoms with Crippen LogP contribution >= 0.6 is 11.6 Å². The summed E-state index contributed by atoms with van der Waals surface area (Å²) in [6, 6.07) is 18.7. The second-order valence-electron chi connectivity index (χ2n) is 8.18. The first-order chi connectivity index (χ1) is 15.9. The molecule has 170 valence electrons. The summed E-state index contributed by atoms with van der Waals surface area (Å²) in [4.78, 5) is 29.6. The van der Waals surface area contributed by atoms with Gasteiger partial charge < -0.3 is 0 Å². The standard InChI is InChI=1S/C24H22ClN3O4S/c25-18-8-10-19(11-9-18)33(31,32)27-14-12-26(13-15-27)22-16-23(29)28(24(22)30)21-7-3-5-17-4-1-2-6-20(17)21/h1-11,22H,12-16H2. The minimum absolute atomic E-state index is 0.0893. The molecule has 33 heavy (non-hydrogen) atoms. The Morgan fingerprint density at radius 3 is 2.21 bits per heavy atom. The predicted molar refractivity (Wildman–Crippen MR) is 127 cm³/mol. The van der Waals surface area contributed by atoms with E-state index in [1.54, 1.807) is 18.2 Å². The van der Waals surface area contributed by atoms with E-state index in [0.29, 0.717) is 23.8 Å². The molecule has 0 aliphatic carbocycles. The molecule has 0 spiro atoms. The van der Waals surface area contributed by atoms with Gasteiger partial charge >= 0.3 is 0 Å². The van der Waals surface area contributed by atoms with Crippen molar-refractivity contribution in [2.45, 2.75) is 17.4 Å². The van der Waals surface area contributed by atoms with Crippen molar-refractivity contribution in [2.24, 2.45) is 0 Å². The lowest BCUT2D eigenvalue weighted by molar-refractivity contribution is -0.123. The lowest BCUT2D eigenvalue weighted by Gasteiger charge is -2.36. The molecule has 2 aliphatic heterocycles. The largest absolute Gasteiger partial charge is 0.289 e. The van der Waals surface area contributed by atoms with Gasteiger partial charge in [0.2, 0.25) is 15.9 Å². The smallest absolute Gasteiger partial charge is 0.251 e. The number of carbonyl (C=O) groups is 2. The number of benzene rings is 3. The van der Waals surface area contributed by atoms with Crippen LogP contribution in [0.4, 0.5) is 5.69 Å². The van der Waals surface area contributed by atoms with E-state index in [2.05, 4.69) is 0 Å². The number of imide groups is 1. The van der Waals surface area contributed by atoms with Crippen molar-refractivity contribution in [3.8, 4) is 0 Å². The SMILES string of the molecule is O=C1CC(N2CCN(S(=O)(=O)c3ccc(Cl)cc3)CC2)C(=O)N1c1cccc2ccccc12. The molecule has 9 heteroatoms. The maximum absolute atomic E-state index is 13.3. The molecule has 2 amide bonds. The van der Waals surface area contributed by atoms with Crippen molar-refractivity contribution in [1.82, 2.24) is 9.21 Å². The number of halogens is 1. The van der Waals surface area contributed by atoms with E-state index >= 15 is 0 Å². The van der Waals surface area contributed by atoms with Crippen LogP contribution in [0.1, 0.15) is 6.42 Å². The zero-order valence-electron chi connectivity index (χ0n) is 17.7. The van der Waals surface area contributed by atoms with Crippen LogP contribution in [0.2, 0.25) is 5.02 Å². The lowest BCUT2D eigenvalue weighted by Crippen LogP contribution is -2.53. The van der Waals surface area contributed by atoms with E-state index in [4.69, 9.17) is 11.6 Å². The fourth-order valence-corrected chi connectivity index (χ4v) is 6.12. The number of hydrogen-bond acceptors (Lipinski definition) is 5. The fraction of sp³-hybridized carbons (Fsp3) is 0.250. The van der Waals surface area contributed by atoms with Gasteiger partial charge in [0.1, 0.15) is 0 Å². The zero-order chi connectivity index (χ0) is 23.2. The van der Waals surface area contributed by atoms with E-state index in [1.807, 2.05) is 41.3 Å². The minimum Gasteiger partial charge on any atom is -0.289 e. The Morgan fingerprint density at radius 2 is 1.48 bits per heavy atom. The topological polar surface area (TPSA) is 78.0 Å². The second-order valence-corrected chi connectivity index (χ2v) is 10.6. The summed E-state index contributed by atoms with van der Waals surface area (Å²) in [5.74, 6) is -0.497. The maximum Gasteiger partial charge on any atom is 0.251 e. The number of carbonyl (C=O) groups excluding carboxylic acids is 2. The van der Waals surface area contributed by atoms with Crippen LogP contribution in [0.25, 0.3) is 10.8 Å². The quantitative estimate of drug-likeness (QED) is 0.533. The number of fused-ring (bicyclic) bond motifs is 1. The summed E-state index contributed by atoms with van der Waals surface area (Å²) in [5.41, 5.74) is 0.592. The Bertz CT molecular complexity index is 1330. The number of nitrogens with zero attached hydrogens (tertiary/aromatic N) is 3. The van der Waals surface area contributed by atoms with Crippen LogP contribution in [-0.4, -0.2) is 61.7 Å². The van der Waals surface area contributed by atoms with Gasteiger partial charge in [0.25, 0.3) is 5.91 Å². The molecule has 5 rings (SSSR count). The number of piperazine rings is 1. The Kier molecular flexibility index (Phi) is 5.70. The summed E-state index contributed by atoms with van der Waals surface area (Å²) in [7, 11) is -3.64. The molecule has 0 radical (unpaired) electrons. The molecule has 3 aromatic rings. The van der Waals surface area contributed by atoms with E-state index in [0.717, 1.165) is 10.8 Å². The third-order valence-electron chi connectivity index (χ3n) is 6.30. The van der Waals surface area contributed by atoms with Crippen molar-refractivity contribution in [1.29, 1.82) is 0 Å². The predicted octanol–water partition coefficient (Wildman–Crippen LogP) is 3.13. The second kappa shape index (κ2) is 8.53. The fourth-order valence-electron chi connectivity index (χ4n) is 4.57. The molecule has 3 aromatic carbocycles. The average molecular weight is 484 g/mol. The number of rotatable bonds is 4. The summed E-state index contributed by atoms with van der Waals surface area (Å²) < 4.78 is 27.3. The molecule has 0 saturated carbocycles. The summed E-state index contributed by atoms with van der Waals surface area (Å²) in [6.45, 7) is 1.24. The summed E-state index contributed by atoms with van der Waals surface area (Å²) >= 11 is 5.87. The highest BCUT2D eigenvalue weighted by Crippen LogP contribution is 2.32. The van der Waals surface area contributed by atoms with Gasteiger partial charge in [-0.3, -0.25) is 14.5 Å². The zero-order valence-corrected chi connectivity index (χ0v) is 19.3. The van der Waals surface area contributed by atoms with Crippen LogP contribution in [0, 0.1) is 0 Å². The van der Waals surface area contributed by atoms with Crippen molar-refractivity contribution >= 4 is 49.9 Å². The van der Waals surface area contributed by atoms with Gasteiger partial charge in [-0.1, -0.05) is 48.0 Å². The maximum atomic E-state index is 13.3. The van der Waals surface area contributed by atoms with Gasteiger partial charge in [-0.15, -0.1) is 0 Å². The molecule has 2 saturated heterocycles. The van der Waals surface area contributed by atoms with E-state index < -0.39 is 16.1 Å². The molecule has 0 N–H and O–H groups in total. The Morgan fingerprint density at radius 1 is 0.818 bits per heavy atom. The molecule has 2 fully saturated rings. The van der Waals surface area contributed by atoms with Crippen LogP contribution in [0.5, 0.6) is 0 Å². The Labute approximate surface area is 197 Å². The van der Waals surface area contributed by atoms with Crippen LogP contribution in [-0.2, 0) is 19.6 Å². The van der Waals surface area contributed by atoms with Gasteiger partial charge in [-0.25, -0.2) is 13.3 Å². The normalized spacial score (nSPS) is 20.6. The van der Waals surface area contributed by atoms with Gasteiger partial charge in [0, 0.05) is 36.6 Å². The molecule has 2 heterocycles. The molecule has 0 aromatic heterocycles. The molecule has 7 nitrogen and oxygen atoms in total. The van der Waals surface area contributed by atoms with Crippen molar-refractivity contribution in [3.05, 3.63) is 71.8 Å². The van der Waals surface area contributed by atoms with Gasteiger partial charge in [-0.2, -0.15) is 4.31 Å². The summed E-state index contributed by atoms with van der Waals surface area (Å²) in [6.07, 6.45) is 0.0893. The lowest BCUT2D eigenvalue weighted by atomic mass is 10.1. The highest BCUT2D eigenvalue weighted by molar-refractivity contribution is 7.89. The van der Waals surface area contributed by atoms with E-state index in [1.165, 1.54) is 21.3 Å². The molecule has 2 aliphatic rings. The third kappa shape index (κ3) is 3.93. The molecule has 1 unspecified atom stereocenters. The van der Waals surface area contributed by atoms with E-state index in [9.17, 15) is 18.0 Å². The number of sulfonamides is 1. The average Bonchev–Trinajstić information content (AvgIpc) is 3.12. The van der Waals surface area contributed by atoms with E-state index in [-0.39, 0.29) is 36.2 Å². The highest BCUT2D eigenvalue weighted by Gasteiger charge is 2.44. The van der Waals surface area contributed by atoms with Gasteiger partial charge in [0.15, 0.2) is 0 Å². The van der Waals surface area contributed by atoms with Crippen LogP contribution in [0.3, 0.4) is 0 Å². The number of hydrogen-bond donors (Lipinski definition) is 0. The first kappa shape index (κ1) is 22.0. The summed E-state index contributed by atoms with van der Waals surface area (Å²) in [5, 5.41) is 2.28. The van der Waals surface area contributed by atoms with Crippen molar-refractivity contribution in [2.75, 3.05) is 31.1 Å². The minimum atomic E-state index is -3.64. The van der Waals surface area contributed by atoms with Crippen LogP contribution in [0.15, 0.2) is 71.6 Å². The number of amides is 2. The van der Waals surface area contributed by atoms with Gasteiger partial charge in [-0.05, 0) is 35.7 Å². The number of anilines is 1. The van der Waals surface area contributed by atoms with Crippen molar-refractivity contribution in [3.63, 3.8) is 0 Å². The van der Waals surface area contributed by atoms with Gasteiger partial charge in [0.05, 0.1) is 23.0 Å². The first-order valence-electron chi connectivity index (χ1n) is 10.7. The third-order valence-corrected chi connectivity index (χ3v) is 8.46. The molecule has 0 bridgehead atoms. The molecular weight excluding hydrogens is 462 g/mol. The van der Waals surface area contributed by atoms with Crippen molar-refractivity contribution < 1.29 is 18.0 Å². The highest BCUT2D eigenvalue weighted by atomic mass is 35.5. The molecular formula is C24H22ClN3O4S. The molecule has 1 atom stereocenters. The Balaban J connectivity index is 1.32. The monoisotopic (exact) mass is 483 g/mol. The Hall–Kier alpha value is -2.78. The first-order valence-corrected chi connectivity index (χ1v) is 12.5.